The number of amides is 1. The highest BCUT2D eigenvalue weighted by atomic mass is 32.2. The summed E-state index contributed by atoms with van der Waals surface area (Å²) < 4.78 is 7.65. The van der Waals surface area contributed by atoms with Gasteiger partial charge < -0.3 is 14.6 Å². The van der Waals surface area contributed by atoms with Crippen LogP contribution in [0.15, 0.2) is 84.0 Å². The van der Waals surface area contributed by atoms with Gasteiger partial charge in [0.2, 0.25) is 5.91 Å². The molecule has 1 unspecified atom stereocenters. The molecular weight excluding hydrogens is 444 g/mol. The van der Waals surface area contributed by atoms with Crippen molar-refractivity contribution >= 4 is 23.4 Å². The molecule has 1 aromatic heterocycles. The Morgan fingerprint density at radius 2 is 1.79 bits per heavy atom. The van der Waals surface area contributed by atoms with Crippen LogP contribution in [0.5, 0.6) is 5.75 Å². The summed E-state index contributed by atoms with van der Waals surface area (Å²) in [6.45, 7) is 4.57. The quantitative estimate of drug-likeness (QED) is 0.320. The molecule has 4 rings (SSSR count). The van der Waals surface area contributed by atoms with Crippen molar-refractivity contribution in [2.75, 3.05) is 12.4 Å². The van der Waals surface area contributed by atoms with Crippen LogP contribution in [-0.4, -0.2) is 33.0 Å². The van der Waals surface area contributed by atoms with Gasteiger partial charge in [-0.05, 0) is 55.7 Å². The molecule has 7 heteroatoms. The van der Waals surface area contributed by atoms with E-state index in [1.54, 1.807) is 7.11 Å². The monoisotopic (exact) mass is 472 g/mol. The van der Waals surface area contributed by atoms with Crippen molar-refractivity contribution in [2.45, 2.75) is 37.2 Å². The van der Waals surface area contributed by atoms with Crippen LogP contribution in [-0.2, 0) is 17.8 Å². The number of carbonyl (C=O) groups is 1. The van der Waals surface area contributed by atoms with Crippen LogP contribution in [0.2, 0.25) is 0 Å². The molecule has 0 saturated carbocycles. The topological polar surface area (TPSA) is 69.0 Å². The van der Waals surface area contributed by atoms with Gasteiger partial charge in [0.1, 0.15) is 5.75 Å². The zero-order valence-electron chi connectivity index (χ0n) is 19.6. The van der Waals surface area contributed by atoms with Crippen LogP contribution in [0.3, 0.4) is 0 Å². The van der Waals surface area contributed by atoms with Gasteiger partial charge in [-0.2, -0.15) is 0 Å². The second-order valence-electron chi connectivity index (χ2n) is 8.01. The number of carbonyl (C=O) groups excluding carboxylic acids is 1. The number of aryl methyl sites for hydroxylation is 2. The van der Waals surface area contributed by atoms with E-state index in [-0.39, 0.29) is 11.2 Å². The van der Waals surface area contributed by atoms with Gasteiger partial charge in [-0.1, -0.05) is 66.4 Å². The molecular formula is C27H28N4O2S. The van der Waals surface area contributed by atoms with E-state index in [0.29, 0.717) is 11.7 Å². The molecule has 4 aromatic rings. The van der Waals surface area contributed by atoms with Crippen LogP contribution >= 0.6 is 11.8 Å². The number of benzene rings is 3. The molecule has 0 bridgehead atoms. The third-order valence-electron chi connectivity index (χ3n) is 5.47. The van der Waals surface area contributed by atoms with Gasteiger partial charge in [-0.25, -0.2) is 0 Å². The van der Waals surface area contributed by atoms with Crippen molar-refractivity contribution in [1.29, 1.82) is 0 Å². The molecule has 0 aliphatic carbocycles. The second-order valence-corrected chi connectivity index (χ2v) is 9.32. The molecule has 1 atom stereocenters. The molecule has 1 N–H and O–H groups in total. The van der Waals surface area contributed by atoms with Gasteiger partial charge in [0.25, 0.3) is 0 Å². The first-order valence-electron chi connectivity index (χ1n) is 11.2. The Balaban J connectivity index is 1.59. The van der Waals surface area contributed by atoms with E-state index in [4.69, 9.17) is 4.74 Å². The Kier molecular flexibility index (Phi) is 7.65. The molecule has 0 aliphatic heterocycles. The predicted octanol–water partition coefficient (Wildman–Crippen LogP) is 5.62. The Bertz CT molecular complexity index is 1260. The lowest BCUT2D eigenvalue weighted by Gasteiger charge is -2.15. The highest BCUT2D eigenvalue weighted by molar-refractivity contribution is 8.00. The van der Waals surface area contributed by atoms with E-state index in [2.05, 4.69) is 32.2 Å². The molecule has 0 spiro atoms. The van der Waals surface area contributed by atoms with Crippen molar-refractivity contribution in [2.24, 2.45) is 0 Å². The van der Waals surface area contributed by atoms with Crippen LogP contribution in [0.1, 0.15) is 18.1 Å². The van der Waals surface area contributed by atoms with Crippen molar-refractivity contribution in [3.63, 3.8) is 0 Å². The molecule has 174 valence electrons. The minimum absolute atomic E-state index is 0.0768. The normalized spacial score (nSPS) is 11.7. The standard InChI is InChI=1S/C27H28N4O2S/c1-19-10-9-13-22(18-19)28-26(32)20(2)34-27-30-29-25(23-14-7-8-15-24(23)33-3)31(27)17-16-21-11-5-4-6-12-21/h4-15,18,20H,16-17H2,1-3H3,(H,28,32). The van der Waals surface area contributed by atoms with Crippen LogP contribution in [0.4, 0.5) is 5.69 Å². The first-order chi connectivity index (χ1) is 16.5. The van der Waals surface area contributed by atoms with Crippen molar-refractivity contribution in [3.05, 3.63) is 90.0 Å². The van der Waals surface area contributed by atoms with Crippen LogP contribution in [0, 0.1) is 6.92 Å². The van der Waals surface area contributed by atoms with E-state index in [9.17, 15) is 4.79 Å². The van der Waals surface area contributed by atoms with Gasteiger partial charge in [-0.3, -0.25) is 4.79 Å². The number of anilines is 1. The number of ether oxygens (including phenoxy) is 1. The number of aromatic nitrogens is 3. The Morgan fingerprint density at radius 1 is 1.03 bits per heavy atom. The van der Waals surface area contributed by atoms with Crippen LogP contribution < -0.4 is 10.1 Å². The first kappa shape index (κ1) is 23.6. The summed E-state index contributed by atoms with van der Waals surface area (Å²) in [6, 6.07) is 25.9. The minimum atomic E-state index is -0.356. The van der Waals surface area contributed by atoms with Crippen LogP contribution in [0.25, 0.3) is 11.4 Å². The highest BCUT2D eigenvalue weighted by Crippen LogP contribution is 2.32. The minimum Gasteiger partial charge on any atom is -0.496 e. The van der Waals surface area contributed by atoms with E-state index >= 15 is 0 Å². The summed E-state index contributed by atoms with van der Waals surface area (Å²) in [4.78, 5) is 12.9. The zero-order chi connectivity index (χ0) is 23.9. The maximum absolute atomic E-state index is 12.9. The molecule has 3 aromatic carbocycles. The fourth-order valence-electron chi connectivity index (χ4n) is 3.67. The Labute approximate surface area is 204 Å². The van der Waals surface area contributed by atoms with E-state index in [1.807, 2.05) is 80.6 Å². The van der Waals surface area contributed by atoms with Gasteiger partial charge in [0.15, 0.2) is 11.0 Å². The second kappa shape index (κ2) is 11.0. The molecule has 1 heterocycles. The van der Waals surface area contributed by atoms with Crippen molar-refractivity contribution in [1.82, 2.24) is 14.8 Å². The molecule has 0 aliphatic rings. The number of nitrogens with zero attached hydrogens (tertiary/aromatic N) is 3. The molecule has 0 radical (unpaired) electrons. The SMILES string of the molecule is COc1ccccc1-c1nnc(SC(C)C(=O)Nc2cccc(C)c2)n1CCc1ccccc1. The fourth-order valence-corrected chi connectivity index (χ4v) is 4.55. The average molecular weight is 473 g/mol. The van der Waals surface area contributed by atoms with E-state index in [0.717, 1.165) is 34.8 Å². The van der Waals surface area contributed by atoms with E-state index in [1.165, 1.54) is 17.3 Å². The fraction of sp³-hybridized carbons (Fsp3) is 0.222. The molecule has 6 nitrogen and oxygen atoms in total. The lowest BCUT2D eigenvalue weighted by atomic mass is 10.1. The lowest BCUT2D eigenvalue weighted by molar-refractivity contribution is -0.115. The highest BCUT2D eigenvalue weighted by Gasteiger charge is 2.22. The Hall–Kier alpha value is -3.58. The third-order valence-corrected chi connectivity index (χ3v) is 6.55. The third kappa shape index (κ3) is 5.66. The summed E-state index contributed by atoms with van der Waals surface area (Å²) in [5.41, 5.74) is 3.98. The van der Waals surface area contributed by atoms with Gasteiger partial charge in [0.05, 0.1) is 17.9 Å². The summed E-state index contributed by atoms with van der Waals surface area (Å²) in [7, 11) is 1.65. The number of methoxy groups -OCH3 is 1. The zero-order valence-corrected chi connectivity index (χ0v) is 20.4. The summed E-state index contributed by atoms with van der Waals surface area (Å²) >= 11 is 1.40. The maximum atomic E-state index is 12.9. The number of para-hydroxylation sites is 1. The Morgan fingerprint density at radius 3 is 2.56 bits per heavy atom. The first-order valence-corrected chi connectivity index (χ1v) is 12.1. The van der Waals surface area contributed by atoms with Crippen molar-refractivity contribution < 1.29 is 9.53 Å². The number of rotatable bonds is 9. The van der Waals surface area contributed by atoms with Crippen molar-refractivity contribution in [3.8, 4) is 17.1 Å². The lowest BCUT2D eigenvalue weighted by Crippen LogP contribution is -2.23. The number of hydrogen-bond acceptors (Lipinski definition) is 5. The summed E-state index contributed by atoms with van der Waals surface area (Å²) in [6.07, 6.45) is 0.818. The van der Waals surface area contributed by atoms with Gasteiger partial charge in [-0.15, -0.1) is 10.2 Å². The number of nitrogens with one attached hydrogen (secondary N) is 1. The summed E-state index contributed by atoms with van der Waals surface area (Å²) in [5, 5.41) is 12.3. The molecule has 1 amide bonds. The largest absolute Gasteiger partial charge is 0.496 e. The predicted molar refractivity (Wildman–Crippen MR) is 137 cm³/mol. The van der Waals surface area contributed by atoms with E-state index < -0.39 is 0 Å². The maximum Gasteiger partial charge on any atom is 0.237 e. The van der Waals surface area contributed by atoms with Gasteiger partial charge >= 0.3 is 0 Å². The average Bonchev–Trinajstić information content (AvgIpc) is 3.25. The molecule has 0 saturated heterocycles. The number of hydrogen-bond donors (Lipinski definition) is 1. The number of thioether (sulfide) groups is 1. The smallest absolute Gasteiger partial charge is 0.237 e. The van der Waals surface area contributed by atoms with Gasteiger partial charge in [0, 0.05) is 12.2 Å². The molecule has 34 heavy (non-hydrogen) atoms. The summed E-state index contributed by atoms with van der Waals surface area (Å²) in [5.74, 6) is 1.38. The molecule has 0 fully saturated rings.